The van der Waals surface area contributed by atoms with Crippen LogP contribution in [0.1, 0.15) is 24.1 Å². The maximum absolute atomic E-state index is 9.97. The fourth-order valence-electron chi connectivity index (χ4n) is 2.02. The monoisotopic (exact) mass is 286 g/mol. The Hall–Kier alpha value is -1.91. The maximum atomic E-state index is 9.97. The number of hydrogen-bond acceptors (Lipinski definition) is 4. The molecule has 1 aromatic heterocycles. The number of aromatic nitrogens is 1. The zero-order valence-electron chi connectivity index (χ0n) is 12.5. The predicted octanol–water partition coefficient (Wildman–Crippen LogP) is 2.48. The van der Waals surface area contributed by atoms with Crippen molar-refractivity contribution in [2.45, 2.75) is 26.0 Å². The van der Waals surface area contributed by atoms with Gasteiger partial charge in [-0.2, -0.15) is 0 Å². The largest absolute Gasteiger partial charge is 0.491 e. The minimum atomic E-state index is -0.551. The minimum absolute atomic E-state index is 0.146. The van der Waals surface area contributed by atoms with Crippen LogP contribution in [0.4, 0.5) is 0 Å². The van der Waals surface area contributed by atoms with Crippen LogP contribution in [0.3, 0.4) is 0 Å². The van der Waals surface area contributed by atoms with Gasteiger partial charge in [0.2, 0.25) is 0 Å². The maximum Gasteiger partial charge on any atom is 0.119 e. The lowest BCUT2D eigenvalue weighted by atomic mass is 10.1. The van der Waals surface area contributed by atoms with E-state index in [1.54, 1.807) is 6.20 Å². The van der Waals surface area contributed by atoms with Crippen molar-refractivity contribution in [3.63, 3.8) is 0 Å². The Labute approximate surface area is 125 Å². The first kappa shape index (κ1) is 15.5. The van der Waals surface area contributed by atoms with E-state index in [1.165, 1.54) is 0 Å². The number of ether oxygens (including phenoxy) is 1. The van der Waals surface area contributed by atoms with Gasteiger partial charge in [0.05, 0.1) is 0 Å². The molecule has 0 radical (unpaired) electrons. The number of aryl methyl sites for hydroxylation is 1. The molecule has 0 aliphatic rings. The first-order valence-electron chi connectivity index (χ1n) is 7.16. The van der Waals surface area contributed by atoms with E-state index < -0.39 is 6.10 Å². The fraction of sp³-hybridized carbons (Fsp3) is 0.353. The average molecular weight is 286 g/mol. The van der Waals surface area contributed by atoms with Gasteiger partial charge in [0.1, 0.15) is 18.5 Å². The third-order valence-electron chi connectivity index (χ3n) is 3.28. The van der Waals surface area contributed by atoms with Crippen molar-refractivity contribution in [1.82, 2.24) is 10.3 Å². The van der Waals surface area contributed by atoms with Crippen LogP contribution in [0.5, 0.6) is 5.75 Å². The predicted molar refractivity (Wildman–Crippen MR) is 83.3 cm³/mol. The van der Waals surface area contributed by atoms with Gasteiger partial charge in [-0.3, -0.25) is 4.98 Å². The second-order valence-electron chi connectivity index (χ2n) is 5.20. The summed E-state index contributed by atoms with van der Waals surface area (Å²) in [5, 5.41) is 13.2. The normalized spacial score (nSPS) is 13.7. The number of rotatable bonds is 7. The highest BCUT2D eigenvalue weighted by molar-refractivity contribution is 5.27. The second kappa shape index (κ2) is 7.76. The molecule has 21 heavy (non-hydrogen) atoms. The standard InChI is InChI=1S/C17H22N2O2/c1-13-5-3-7-17(9-13)21-12-16(20)11-19-14(2)15-6-4-8-18-10-15/h3-10,14,16,19-20H,11-12H2,1-2H3/t14-,16?/m1/s1. The summed E-state index contributed by atoms with van der Waals surface area (Å²) < 4.78 is 5.58. The molecule has 0 aliphatic heterocycles. The molecule has 0 fully saturated rings. The van der Waals surface area contributed by atoms with Crippen LogP contribution in [0.15, 0.2) is 48.8 Å². The van der Waals surface area contributed by atoms with Gasteiger partial charge in [0.15, 0.2) is 0 Å². The van der Waals surface area contributed by atoms with E-state index in [2.05, 4.69) is 10.3 Å². The summed E-state index contributed by atoms with van der Waals surface area (Å²) in [5.41, 5.74) is 2.25. The van der Waals surface area contributed by atoms with Crippen molar-refractivity contribution >= 4 is 0 Å². The van der Waals surface area contributed by atoms with Crippen molar-refractivity contribution in [3.8, 4) is 5.75 Å². The minimum Gasteiger partial charge on any atom is -0.491 e. The third-order valence-corrected chi connectivity index (χ3v) is 3.28. The van der Waals surface area contributed by atoms with Crippen LogP contribution in [0, 0.1) is 6.92 Å². The number of pyridine rings is 1. The van der Waals surface area contributed by atoms with Crippen LogP contribution in [-0.4, -0.2) is 29.3 Å². The van der Waals surface area contributed by atoms with Crippen molar-refractivity contribution in [1.29, 1.82) is 0 Å². The molecule has 0 spiro atoms. The zero-order valence-corrected chi connectivity index (χ0v) is 12.5. The lowest BCUT2D eigenvalue weighted by Gasteiger charge is -2.17. The van der Waals surface area contributed by atoms with Crippen molar-refractivity contribution in [2.75, 3.05) is 13.2 Å². The topological polar surface area (TPSA) is 54.4 Å². The number of hydrogen-bond donors (Lipinski definition) is 2. The average Bonchev–Trinajstić information content (AvgIpc) is 2.51. The van der Waals surface area contributed by atoms with Gasteiger partial charge < -0.3 is 15.2 Å². The van der Waals surface area contributed by atoms with E-state index >= 15 is 0 Å². The van der Waals surface area contributed by atoms with Gasteiger partial charge in [-0.1, -0.05) is 18.2 Å². The molecule has 0 saturated carbocycles. The molecular weight excluding hydrogens is 264 g/mol. The summed E-state index contributed by atoms with van der Waals surface area (Å²) in [6.07, 6.45) is 3.03. The summed E-state index contributed by atoms with van der Waals surface area (Å²) in [6.45, 7) is 4.81. The molecule has 2 N–H and O–H groups in total. The molecular formula is C17H22N2O2. The number of aliphatic hydroxyl groups is 1. The van der Waals surface area contributed by atoms with E-state index in [0.29, 0.717) is 6.54 Å². The third kappa shape index (κ3) is 5.17. The van der Waals surface area contributed by atoms with Crippen molar-refractivity contribution in [3.05, 3.63) is 59.9 Å². The highest BCUT2D eigenvalue weighted by atomic mass is 16.5. The summed E-state index contributed by atoms with van der Waals surface area (Å²) >= 11 is 0. The van der Waals surface area contributed by atoms with Crippen LogP contribution < -0.4 is 10.1 Å². The Kier molecular flexibility index (Phi) is 5.72. The summed E-state index contributed by atoms with van der Waals surface area (Å²) in [4.78, 5) is 4.09. The molecule has 112 valence electrons. The summed E-state index contributed by atoms with van der Waals surface area (Å²) in [7, 11) is 0. The van der Waals surface area contributed by atoms with Gasteiger partial charge in [-0.25, -0.2) is 0 Å². The molecule has 0 aliphatic carbocycles. The van der Waals surface area contributed by atoms with Crippen LogP contribution >= 0.6 is 0 Å². The van der Waals surface area contributed by atoms with Gasteiger partial charge in [-0.05, 0) is 43.2 Å². The molecule has 0 amide bonds. The Morgan fingerprint density at radius 3 is 2.86 bits per heavy atom. The smallest absolute Gasteiger partial charge is 0.119 e. The molecule has 1 aromatic carbocycles. The van der Waals surface area contributed by atoms with Gasteiger partial charge in [-0.15, -0.1) is 0 Å². The lowest BCUT2D eigenvalue weighted by Crippen LogP contribution is -2.33. The Morgan fingerprint density at radius 1 is 1.29 bits per heavy atom. The highest BCUT2D eigenvalue weighted by Gasteiger charge is 2.09. The fourth-order valence-corrected chi connectivity index (χ4v) is 2.02. The van der Waals surface area contributed by atoms with Crippen molar-refractivity contribution < 1.29 is 9.84 Å². The molecule has 4 heteroatoms. The van der Waals surface area contributed by atoms with E-state index in [0.717, 1.165) is 16.9 Å². The van der Waals surface area contributed by atoms with Crippen LogP contribution in [0.25, 0.3) is 0 Å². The number of nitrogens with one attached hydrogen (secondary N) is 1. The molecule has 0 bridgehead atoms. The molecule has 2 rings (SSSR count). The Bertz CT molecular complexity index is 545. The molecule has 0 saturated heterocycles. The van der Waals surface area contributed by atoms with Crippen molar-refractivity contribution in [2.24, 2.45) is 0 Å². The van der Waals surface area contributed by atoms with E-state index in [1.807, 2.05) is 56.4 Å². The molecule has 1 unspecified atom stereocenters. The Balaban J connectivity index is 1.73. The first-order chi connectivity index (χ1) is 10.1. The zero-order chi connectivity index (χ0) is 15.1. The van der Waals surface area contributed by atoms with Gasteiger partial charge in [0, 0.05) is 25.0 Å². The Morgan fingerprint density at radius 2 is 2.14 bits per heavy atom. The van der Waals surface area contributed by atoms with E-state index in [9.17, 15) is 5.11 Å². The number of benzene rings is 1. The van der Waals surface area contributed by atoms with Crippen LogP contribution in [-0.2, 0) is 0 Å². The van der Waals surface area contributed by atoms with Gasteiger partial charge >= 0.3 is 0 Å². The highest BCUT2D eigenvalue weighted by Crippen LogP contribution is 2.13. The van der Waals surface area contributed by atoms with Gasteiger partial charge in [0.25, 0.3) is 0 Å². The molecule has 4 nitrogen and oxygen atoms in total. The van der Waals surface area contributed by atoms with E-state index in [4.69, 9.17) is 4.74 Å². The lowest BCUT2D eigenvalue weighted by molar-refractivity contribution is 0.104. The number of nitrogens with zero attached hydrogens (tertiary/aromatic N) is 1. The van der Waals surface area contributed by atoms with Crippen LogP contribution in [0.2, 0.25) is 0 Å². The first-order valence-corrected chi connectivity index (χ1v) is 7.16. The second-order valence-corrected chi connectivity index (χ2v) is 5.20. The number of aliphatic hydroxyl groups excluding tert-OH is 1. The SMILES string of the molecule is Cc1cccc(OCC(O)CN[C@H](C)c2cccnc2)c1. The molecule has 2 atom stereocenters. The van der Waals surface area contributed by atoms with E-state index in [-0.39, 0.29) is 12.6 Å². The summed E-state index contributed by atoms with van der Waals surface area (Å²) in [5.74, 6) is 0.786. The molecule has 1 heterocycles. The summed E-state index contributed by atoms with van der Waals surface area (Å²) in [6, 6.07) is 11.9. The molecule has 2 aromatic rings. The quantitative estimate of drug-likeness (QED) is 0.821.